The van der Waals surface area contributed by atoms with Gasteiger partial charge in [0.2, 0.25) is 0 Å². The highest BCUT2D eigenvalue weighted by Crippen LogP contribution is 2.29. The molecule has 1 amide bonds. The number of carbonyl (C=O) groups excluding carboxylic acids is 1. The molecular formula is C20H21Cl2N3O2S. The standard InChI is InChI=1S/C20H21Cl2N3O2S/c1-13(27-18-9-8-14(21)12-15(18)22)19(26)24-20(28)23-16-6-2-3-7-17(16)25-10-4-5-11-25/h2-3,6-9,12-13H,4-5,10-11H2,1H3,(H2,23,24,26,28). The van der Waals surface area contributed by atoms with E-state index in [4.69, 9.17) is 40.2 Å². The zero-order valence-corrected chi connectivity index (χ0v) is 17.7. The average Bonchev–Trinajstić information content (AvgIpc) is 3.18. The lowest BCUT2D eigenvalue weighted by atomic mass is 10.2. The summed E-state index contributed by atoms with van der Waals surface area (Å²) in [6.45, 7) is 3.66. The second-order valence-electron chi connectivity index (χ2n) is 6.49. The Balaban J connectivity index is 1.59. The van der Waals surface area contributed by atoms with Gasteiger partial charge in [-0.15, -0.1) is 0 Å². The second-order valence-corrected chi connectivity index (χ2v) is 7.74. The zero-order valence-electron chi connectivity index (χ0n) is 15.4. The number of carbonyl (C=O) groups is 1. The molecular weight excluding hydrogens is 417 g/mol. The van der Waals surface area contributed by atoms with E-state index in [0.29, 0.717) is 15.8 Å². The fourth-order valence-electron chi connectivity index (χ4n) is 2.99. The molecule has 28 heavy (non-hydrogen) atoms. The Morgan fingerprint density at radius 2 is 1.89 bits per heavy atom. The molecule has 2 aromatic rings. The molecule has 0 bridgehead atoms. The molecule has 0 radical (unpaired) electrons. The first-order valence-electron chi connectivity index (χ1n) is 9.01. The number of ether oxygens (including phenoxy) is 1. The van der Waals surface area contributed by atoms with Crippen LogP contribution in [0.15, 0.2) is 42.5 Å². The van der Waals surface area contributed by atoms with Gasteiger partial charge in [0.15, 0.2) is 11.2 Å². The number of nitrogens with one attached hydrogen (secondary N) is 2. The topological polar surface area (TPSA) is 53.6 Å². The zero-order chi connectivity index (χ0) is 20.1. The van der Waals surface area contributed by atoms with Crippen molar-refractivity contribution in [1.29, 1.82) is 0 Å². The summed E-state index contributed by atoms with van der Waals surface area (Å²) < 4.78 is 5.62. The monoisotopic (exact) mass is 437 g/mol. The van der Waals surface area contributed by atoms with E-state index < -0.39 is 6.10 Å². The molecule has 0 saturated carbocycles. The normalized spacial score (nSPS) is 14.5. The van der Waals surface area contributed by atoms with Crippen LogP contribution in [0.5, 0.6) is 5.75 Å². The first-order chi connectivity index (χ1) is 13.4. The minimum Gasteiger partial charge on any atom is -0.479 e. The summed E-state index contributed by atoms with van der Waals surface area (Å²) >= 11 is 17.3. The van der Waals surface area contributed by atoms with Crippen LogP contribution >= 0.6 is 35.4 Å². The van der Waals surface area contributed by atoms with Crippen LogP contribution < -0.4 is 20.3 Å². The second kappa shape index (κ2) is 9.45. The molecule has 2 N–H and O–H groups in total. The maximum absolute atomic E-state index is 12.4. The molecule has 3 rings (SSSR count). The van der Waals surface area contributed by atoms with E-state index in [1.807, 2.05) is 24.3 Å². The van der Waals surface area contributed by atoms with E-state index >= 15 is 0 Å². The Hall–Kier alpha value is -2.02. The van der Waals surface area contributed by atoms with Gasteiger partial charge in [0, 0.05) is 18.1 Å². The molecule has 5 nitrogen and oxygen atoms in total. The lowest BCUT2D eigenvalue weighted by Gasteiger charge is -2.22. The van der Waals surface area contributed by atoms with E-state index in [9.17, 15) is 4.79 Å². The third-order valence-corrected chi connectivity index (χ3v) is 5.14. The highest BCUT2D eigenvalue weighted by Gasteiger charge is 2.19. The first kappa shape index (κ1) is 20.7. The van der Waals surface area contributed by atoms with Gasteiger partial charge in [0.05, 0.1) is 16.4 Å². The van der Waals surface area contributed by atoms with Crippen molar-refractivity contribution < 1.29 is 9.53 Å². The van der Waals surface area contributed by atoms with Crippen molar-refractivity contribution in [3.8, 4) is 5.75 Å². The molecule has 1 atom stereocenters. The molecule has 1 fully saturated rings. The molecule has 1 aliphatic rings. The summed E-state index contributed by atoms with van der Waals surface area (Å²) in [7, 11) is 0. The van der Waals surface area contributed by atoms with Gasteiger partial charge in [0.25, 0.3) is 5.91 Å². The van der Waals surface area contributed by atoms with Crippen LogP contribution in [-0.4, -0.2) is 30.2 Å². The Morgan fingerprint density at radius 1 is 1.18 bits per heavy atom. The predicted octanol–water partition coefficient (Wildman–Crippen LogP) is 4.87. The van der Waals surface area contributed by atoms with Gasteiger partial charge in [-0.3, -0.25) is 10.1 Å². The summed E-state index contributed by atoms with van der Waals surface area (Å²) in [6.07, 6.45) is 1.57. The van der Waals surface area contributed by atoms with E-state index in [1.165, 1.54) is 12.8 Å². The third-order valence-electron chi connectivity index (χ3n) is 4.40. The van der Waals surface area contributed by atoms with Gasteiger partial charge in [-0.05, 0) is 62.3 Å². The Bertz CT molecular complexity index is 872. The van der Waals surface area contributed by atoms with Crippen LogP contribution in [-0.2, 0) is 4.79 Å². The smallest absolute Gasteiger partial charge is 0.266 e. The number of halogens is 2. The highest BCUT2D eigenvalue weighted by atomic mass is 35.5. The lowest BCUT2D eigenvalue weighted by molar-refractivity contribution is -0.125. The van der Waals surface area contributed by atoms with Crippen LogP contribution in [0.2, 0.25) is 10.0 Å². The van der Waals surface area contributed by atoms with Crippen molar-refractivity contribution in [1.82, 2.24) is 5.32 Å². The van der Waals surface area contributed by atoms with Crippen LogP contribution in [0.25, 0.3) is 0 Å². The predicted molar refractivity (Wildman–Crippen MR) is 119 cm³/mol. The van der Waals surface area contributed by atoms with Crippen molar-refractivity contribution in [2.45, 2.75) is 25.9 Å². The number of amides is 1. The Morgan fingerprint density at radius 3 is 2.61 bits per heavy atom. The third kappa shape index (κ3) is 5.28. The van der Waals surface area contributed by atoms with Gasteiger partial charge in [-0.1, -0.05) is 35.3 Å². The number of hydrogen-bond donors (Lipinski definition) is 2. The first-order valence-corrected chi connectivity index (χ1v) is 10.2. The van der Waals surface area contributed by atoms with Gasteiger partial charge in [0.1, 0.15) is 5.75 Å². The van der Waals surface area contributed by atoms with Crippen molar-refractivity contribution in [2.24, 2.45) is 0 Å². The summed E-state index contributed by atoms with van der Waals surface area (Å²) in [5, 5.41) is 6.83. The Kier molecular flexibility index (Phi) is 6.99. The molecule has 8 heteroatoms. The fourth-order valence-corrected chi connectivity index (χ4v) is 3.66. The summed E-state index contributed by atoms with van der Waals surface area (Å²) in [4.78, 5) is 14.7. The van der Waals surface area contributed by atoms with Gasteiger partial charge >= 0.3 is 0 Å². The summed E-state index contributed by atoms with van der Waals surface area (Å²) in [5.41, 5.74) is 1.94. The number of hydrogen-bond acceptors (Lipinski definition) is 4. The number of nitrogens with zero attached hydrogens (tertiary/aromatic N) is 1. The van der Waals surface area contributed by atoms with E-state index in [1.54, 1.807) is 25.1 Å². The molecule has 1 saturated heterocycles. The molecule has 148 valence electrons. The minimum absolute atomic E-state index is 0.217. The highest BCUT2D eigenvalue weighted by molar-refractivity contribution is 7.80. The van der Waals surface area contributed by atoms with Gasteiger partial charge < -0.3 is 15.0 Å². The summed E-state index contributed by atoms with van der Waals surface area (Å²) in [6, 6.07) is 12.7. The maximum Gasteiger partial charge on any atom is 0.266 e. The molecule has 1 unspecified atom stereocenters. The molecule has 2 aromatic carbocycles. The van der Waals surface area contributed by atoms with Crippen molar-refractivity contribution in [2.75, 3.05) is 23.3 Å². The van der Waals surface area contributed by atoms with Crippen molar-refractivity contribution >= 4 is 57.8 Å². The molecule has 0 spiro atoms. The fraction of sp³-hybridized carbons (Fsp3) is 0.300. The van der Waals surface area contributed by atoms with Gasteiger partial charge in [-0.25, -0.2) is 0 Å². The van der Waals surface area contributed by atoms with Crippen LogP contribution in [0.4, 0.5) is 11.4 Å². The Labute approximate surface area is 180 Å². The van der Waals surface area contributed by atoms with E-state index in [-0.39, 0.29) is 11.0 Å². The van der Waals surface area contributed by atoms with Gasteiger partial charge in [-0.2, -0.15) is 0 Å². The van der Waals surface area contributed by atoms with Crippen molar-refractivity contribution in [3.05, 3.63) is 52.5 Å². The summed E-state index contributed by atoms with van der Waals surface area (Å²) in [5.74, 6) is 0.00847. The largest absolute Gasteiger partial charge is 0.479 e. The number of benzene rings is 2. The van der Waals surface area contributed by atoms with E-state index in [0.717, 1.165) is 24.5 Å². The minimum atomic E-state index is -0.785. The molecule has 1 heterocycles. The lowest BCUT2D eigenvalue weighted by Crippen LogP contribution is -2.42. The molecule has 0 aliphatic carbocycles. The number of anilines is 2. The average molecular weight is 438 g/mol. The number of thiocarbonyl (C=S) groups is 1. The van der Waals surface area contributed by atoms with Crippen molar-refractivity contribution in [3.63, 3.8) is 0 Å². The van der Waals surface area contributed by atoms with E-state index in [2.05, 4.69) is 15.5 Å². The van der Waals surface area contributed by atoms with Crippen LogP contribution in [0, 0.1) is 0 Å². The maximum atomic E-state index is 12.4. The number of para-hydroxylation sites is 2. The SMILES string of the molecule is CC(Oc1ccc(Cl)cc1Cl)C(=O)NC(=S)Nc1ccccc1N1CCCC1. The molecule has 0 aromatic heterocycles. The number of rotatable bonds is 5. The van der Waals surface area contributed by atoms with Crippen LogP contribution in [0.3, 0.4) is 0 Å². The quantitative estimate of drug-likeness (QED) is 0.653. The van der Waals surface area contributed by atoms with Crippen LogP contribution in [0.1, 0.15) is 19.8 Å². The molecule has 1 aliphatic heterocycles.